The molecule has 8 nitrogen and oxygen atoms in total. The Kier molecular flexibility index (Phi) is 3.66. The molecule has 0 aliphatic carbocycles. The van der Waals surface area contributed by atoms with E-state index >= 15 is 0 Å². The van der Waals surface area contributed by atoms with Crippen molar-refractivity contribution in [1.82, 2.24) is 5.32 Å². The van der Waals surface area contributed by atoms with Crippen molar-refractivity contribution in [3.63, 3.8) is 0 Å². The molecule has 1 aliphatic heterocycles. The molecule has 0 aromatic heterocycles. The average molecular weight is 242 g/mol. The summed E-state index contributed by atoms with van der Waals surface area (Å²) < 4.78 is 0. The largest absolute Gasteiger partial charge is 0.398 e. The zero-order valence-corrected chi connectivity index (χ0v) is 9.81. The first kappa shape index (κ1) is 12.9. The number of amidine groups is 1. The van der Waals surface area contributed by atoms with Gasteiger partial charge < -0.3 is 20.7 Å². The van der Waals surface area contributed by atoms with Crippen LogP contribution in [0.2, 0.25) is 0 Å². The Morgan fingerprint density at radius 3 is 2.65 bits per heavy atom. The van der Waals surface area contributed by atoms with Crippen LogP contribution in [0.15, 0.2) is 10.3 Å². The van der Waals surface area contributed by atoms with Crippen molar-refractivity contribution in [3.05, 3.63) is 0 Å². The van der Waals surface area contributed by atoms with Crippen LogP contribution in [0.1, 0.15) is 20.3 Å². The predicted molar refractivity (Wildman–Crippen MR) is 59.0 cm³/mol. The van der Waals surface area contributed by atoms with Crippen LogP contribution in [0.3, 0.4) is 0 Å². The Balaban J connectivity index is 2.67. The normalized spacial score (nSPS) is 18.1. The number of amides is 2. The van der Waals surface area contributed by atoms with Gasteiger partial charge in [-0.05, 0) is 13.8 Å². The summed E-state index contributed by atoms with van der Waals surface area (Å²) in [4.78, 5) is 31.9. The molecule has 1 aliphatic rings. The SMILES string of the molecule is CO/N=C(\C(N)=O)C(=O)NC1=NOC(C)(C)C1. The maximum absolute atomic E-state index is 11.6. The van der Waals surface area contributed by atoms with E-state index in [-0.39, 0.29) is 0 Å². The second kappa shape index (κ2) is 4.81. The fraction of sp³-hybridized carbons (Fsp3) is 0.556. The Morgan fingerprint density at radius 1 is 1.59 bits per heavy atom. The summed E-state index contributed by atoms with van der Waals surface area (Å²) in [7, 11) is 1.20. The molecule has 0 aromatic rings. The van der Waals surface area contributed by atoms with Gasteiger partial charge >= 0.3 is 0 Å². The molecule has 3 N–H and O–H groups in total. The number of carbonyl (C=O) groups excluding carboxylic acids is 2. The number of hydrogen-bond acceptors (Lipinski definition) is 6. The number of nitrogens with two attached hydrogens (primary N) is 1. The number of primary amides is 1. The van der Waals surface area contributed by atoms with Crippen LogP contribution >= 0.6 is 0 Å². The molecule has 0 spiro atoms. The minimum Gasteiger partial charge on any atom is -0.398 e. The van der Waals surface area contributed by atoms with Gasteiger partial charge in [0.1, 0.15) is 12.7 Å². The van der Waals surface area contributed by atoms with Crippen molar-refractivity contribution in [3.8, 4) is 0 Å². The van der Waals surface area contributed by atoms with Gasteiger partial charge in [-0.25, -0.2) is 0 Å². The monoisotopic (exact) mass is 242 g/mol. The maximum Gasteiger partial charge on any atom is 0.284 e. The second-order valence-electron chi connectivity index (χ2n) is 4.01. The molecule has 0 unspecified atom stereocenters. The zero-order chi connectivity index (χ0) is 13.1. The van der Waals surface area contributed by atoms with Crippen LogP contribution in [0, 0.1) is 0 Å². The first-order valence-corrected chi connectivity index (χ1v) is 4.83. The van der Waals surface area contributed by atoms with Gasteiger partial charge in [-0.1, -0.05) is 10.3 Å². The maximum atomic E-state index is 11.6. The molecule has 0 aromatic carbocycles. The lowest BCUT2D eigenvalue weighted by molar-refractivity contribution is -0.117. The van der Waals surface area contributed by atoms with Crippen molar-refractivity contribution >= 4 is 23.4 Å². The lowest BCUT2D eigenvalue weighted by Gasteiger charge is -2.13. The summed E-state index contributed by atoms with van der Waals surface area (Å²) in [5, 5.41) is 9.28. The molecule has 0 fully saturated rings. The third kappa shape index (κ3) is 3.44. The van der Waals surface area contributed by atoms with Crippen LogP contribution < -0.4 is 11.1 Å². The second-order valence-corrected chi connectivity index (χ2v) is 4.01. The van der Waals surface area contributed by atoms with E-state index in [2.05, 4.69) is 20.5 Å². The zero-order valence-electron chi connectivity index (χ0n) is 9.81. The topological polar surface area (TPSA) is 115 Å². The fourth-order valence-electron chi connectivity index (χ4n) is 1.19. The van der Waals surface area contributed by atoms with E-state index in [1.54, 1.807) is 0 Å². The highest BCUT2D eigenvalue weighted by Gasteiger charge is 2.31. The van der Waals surface area contributed by atoms with Crippen LogP contribution in [-0.2, 0) is 19.3 Å². The lowest BCUT2D eigenvalue weighted by atomic mass is 10.1. The molecule has 1 rings (SSSR count). The number of nitrogens with one attached hydrogen (secondary N) is 1. The standard InChI is InChI=1S/C9H14N4O4/c1-9(2)4-5(12-17-9)11-8(15)6(7(10)14)13-16-3/h4H2,1-3H3,(H2,10,14)(H,11,12,15)/b13-6+. The number of hydrogen-bond donors (Lipinski definition) is 2. The molecule has 0 atom stereocenters. The van der Waals surface area contributed by atoms with Gasteiger partial charge in [0.25, 0.3) is 11.8 Å². The van der Waals surface area contributed by atoms with E-state index in [9.17, 15) is 9.59 Å². The van der Waals surface area contributed by atoms with Crippen LogP contribution in [0.4, 0.5) is 0 Å². The third-order valence-corrected chi connectivity index (χ3v) is 1.88. The van der Waals surface area contributed by atoms with Crippen LogP contribution in [0.25, 0.3) is 0 Å². The summed E-state index contributed by atoms with van der Waals surface area (Å²) >= 11 is 0. The predicted octanol–water partition coefficient (Wildman–Crippen LogP) is -0.897. The van der Waals surface area contributed by atoms with Crippen molar-refractivity contribution < 1.29 is 19.3 Å². The molecule has 1 heterocycles. The molecular formula is C9H14N4O4. The van der Waals surface area contributed by atoms with Gasteiger partial charge in [-0.2, -0.15) is 0 Å². The summed E-state index contributed by atoms with van der Waals surface area (Å²) in [6, 6.07) is 0. The van der Waals surface area contributed by atoms with Gasteiger partial charge in [-0.3, -0.25) is 9.59 Å². The minimum absolute atomic E-state index is 0.310. The molecule has 2 amide bonds. The summed E-state index contributed by atoms with van der Waals surface area (Å²) in [6.07, 6.45) is 0.414. The molecular weight excluding hydrogens is 228 g/mol. The highest BCUT2D eigenvalue weighted by molar-refractivity contribution is 6.65. The summed E-state index contributed by atoms with van der Waals surface area (Å²) in [6.45, 7) is 3.63. The summed E-state index contributed by atoms with van der Waals surface area (Å²) in [5.41, 5.74) is 3.96. The Hall–Kier alpha value is -2.12. The first-order chi connectivity index (χ1) is 7.85. The van der Waals surface area contributed by atoms with E-state index in [1.807, 2.05) is 13.8 Å². The molecule has 0 saturated carbocycles. The van der Waals surface area contributed by atoms with E-state index in [0.29, 0.717) is 12.3 Å². The number of carbonyl (C=O) groups is 2. The number of nitrogens with zero attached hydrogens (tertiary/aromatic N) is 2. The van der Waals surface area contributed by atoms with Gasteiger partial charge in [0.2, 0.25) is 5.71 Å². The summed E-state index contributed by atoms with van der Waals surface area (Å²) in [5.74, 6) is -1.45. The number of rotatable bonds is 3. The van der Waals surface area contributed by atoms with E-state index in [0.717, 1.165) is 0 Å². The van der Waals surface area contributed by atoms with Gasteiger partial charge in [0.05, 0.1) is 6.42 Å². The van der Waals surface area contributed by atoms with Crippen molar-refractivity contribution in [2.24, 2.45) is 16.0 Å². The Labute approximate surface area is 97.8 Å². The smallest absolute Gasteiger partial charge is 0.284 e. The minimum atomic E-state index is -0.983. The van der Waals surface area contributed by atoms with Gasteiger partial charge in [-0.15, -0.1) is 0 Å². The van der Waals surface area contributed by atoms with Gasteiger partial charge in [0, 0.05) is 0 Å². The quantitative estimate of drug-likeness (QED) is 0.379. The van der Waals surface area contributed by atoms with Gasteiger partial charge in [0.15, 0.2) is 5.84 Å². The fourth-order valence-corrected chi connectivity index (χ4v) is 1.19. The lowest BCUT2D eigenvalue weighted by Crippen LogP contribution is -2.42. The van der Waals surface area contributed by atoms with E-state index < -0.39 is 23.1 Å². The Bertz CT molecular complexity index is 400. The van der Waals surface area contributed by atoms with Crippen molar-refractivity contribution in [2.45, 2.75) is 25.9 Å². The Morgan fingerprint density at radius 2 is 2.24 bits per heavy atom. The first-order valence-electron chi connectivity index (χ1n) is 4.83. The highest BCUT2D eigenvalue weighted by atomic mass is 16.7. The molecule has 0 radical (unpaired) electrons. The molecule has 94 valence electrons. The van der Waals surface area contributed by atoms with E-state index in [1.165, 1.54) is 7.11 Å². The van der Waals surface area contributed by atoms with Crippen molar-refractivity contribution in [2.75, 3.05) is 7.11 Å². The molecule has 8 heteroatoms. The van der Waals surface area contributed by atoms with Crippen molar-refractivity contribution in [1.29, 1.82) is 0 Å². The molecule has 17 heavy (non-hydrogen) atoms. The van der Waals surface area contributed by atoms with Crippen LogP contribution in [0.5, 0.6) is 0 Å². The third-order valence-electron chi connectivity index (χ3n) is 1.88. The molecule has 0 bridgehead atoms. The molecule has 0 saturated heterocycles. The highest BCUT2D eigenvalue weighted by Crippen LogP contribution is 2.20. The average Bonchev–Trinajstić information content (AvgIpc) is 2.53. The number of oxime groups is 2. The van der Waals surface area contributed by atoms with E-state index in [4.69, 9.17) is 10.6 Å². The van der Waals surface area contributed by atoms with Crippen LogP contribution in [-0.4, -0.2) is 36.1 Å².